The standard InChI is InChI=1S/C23H29N5O.HI/c1-24-23(25-15-7-8-18-11-13-20(29-3)14-12-18)28(2)17-22-26-16-21(27-22)19-9-5-4-6-10-19;/h4-6,9-14,16H,7-8,15,17H2,1-3H3,(H,24,25)(H,26,27);1H. The first-order valence-corrected chi connectivity index (χ1v) is 9.83. The van der Waals surface area contributed by atoms with Gasteiger partial charge in [0.1, 0.15) is 11.6 Å². The Morgan fingerprint density at radius 1 is 1.13 bits per heavy atom. The van der Waals surface area contributed by atoms with Gasteiger partial charge in [0.2, 0.25) is 0 Å². The van der Waals surface area contributed by atoms with Gasteiger partial charge in [0.05, 0.1) is 25.5 Å². The number of hydrogen-bond donors (Lipinski definition) is 2. The topological polar surface area (TPSA) is 65.5 Å². The Balaban J connectivity index is 0.00000320. The third-order valence-corrected chi connectivity index (χ3v) is 4.76. The van der Waals surface area contributed by atoms with Gasteiger partial charge >= 0.3 is 0 Å². The van der Waals surface area contributed by atoms with E-state index in [-0.39, 0.29) is 24.0 Å². The van der Waals surface area contributed by atoms with Crippen LogP contribution < -0.4 is 10.1 Å². The van der Waals surface area contributed by atoms with Crippen molar-refractivity contribution >= 4 is 29.9 Å². The zero-order valence-electron chi connectivity index (χ0n) is 17.8. The molecule has 6 nitrogen and oxygen atoms in total. The van der Waals surface area contributed by atoms with Gasteiger partial charge < -0.3 is 19.9 Å². The number of imidazole rings is 1. The number of benzene rings is 2. The molecule has 0 radical (unpaired) electrons. The molecule has 0 amide bonds. The van der Waals surface area contributed by atoms with Crippen molar-refractivity contribution in [1.29, 1.82) is 0 Å². The Hall–Kier alpha value is -2.55. The van der Waals surface area contributed by atoms with Crippen molar-refractivity contribution in [3.05, 3.63) is 72.2 Å². The molecule has 0 aliphatic heterocycles. The van der Waals surface area contributed by atoms with Crippen LogP contribution in [0.1, 0.15) is 17.8 Å². The first-order valence-electron chi connectivity index (χ1n) is 9.83. The van der Waals surface area contributed by atoms with Gasteiger partial charge in [-0.25, -0.2) is 4.98 Å². The summed E-state index contributed by atoms with van der Waals surface area (Å²) in [7, 11) is 5.51. The molecule has 3 aromatic rings. The first-order chi connectivity index (χ1) is 14.2. The molecule has 0 atom stereocenters. The second-order valence-corrected chi connectivity index (χ2v) is 6.89. The molecule has 1 aromatic heterocycles. The molecule has 2 aromatic carbocycles. The maximum atomic E-state index is 5.20. The number of H-pyrrole nitrogens is 1. The monoisotopic (exact) mass is 519 g/mol. The zero-order valence-corrected chi connectivity index (χ0v) is 20.1. The highest BCUT2D eigenvalue weighted by atomic mass is 127. The van der Waals surface area contributed by atoms with E-state index in [2.05, 4.69) is 49.4 Å². The quantitative estimate of drug-likeness (QED) is 0.201. The number of nitrogens with zero attached hydrogens (tertiary/aromatic N) is 3. The minimum Gasteiger partial charge on any atom is -0.497 e. The maximum Gasteiger partial charge on any atom is 0.193 e. The molecule has 0 saturated carbocycles. The van der Waals surface area contributed by atoms with E-state index in [1.165, 1.54) is 5.56 Å². The number of hydrogen-bond acceptors (Lipinski definition) is 3. The molecule has 0 saturated heterocycles. The molecule has 0 spiro atoms. The Labute approximate surface area is 195 Å². The van der Waals surface area contributed by atoms with Gasteiger partial charge in [-0.05, 0) is 36.1 Å². The van der Waals surface area contributed by atoms with Crippen LogP contribution in [0, 0.1) is 0 Å². The summed E-state index contributed by atoms with van der Waals surface area (Å²) in [5.41, 5.74) is 3.46. The smallest absolute Gasteiger partial charge is 0.193 e. The number of halogens is 1. The van der Waals surface area contributed by atoms with Crippen LogP contribution in [0.15, 0.2) is 65.8 Å². The molecular weight excluding hydrogens is 489 g/mol. The second kappa shape index (κ2) is 12.2. The van der Waals surface area contributed by atoms with Crippen molar-refractivity contribution in [2.75, 3.05) is 27.7 Å². The highest BCUT2D eigenvalue weighted by Crippen LogP contribution is 2.16. The first kappa shape index (κ1) is 23.7. The van der Waals surface area contributed by atoms with Crippen molar-refractivity contribution in [2.24, 2.45) is 4.99 Å². The van der Waals surface area contributed by atoms with E-state index in [0.717, 1.165) is 48.2 Å². The third-order valence-electron chi connectivity index (χ3n) is 4.76. The van der Waals surface area contributed by atoms with Gasteiger partial charge in [-0.15, -0.1) is 24.0 Å². The number of aromatic amines is 1. The number of methoxy groups -OCH3 is 1. The Morgan fingerprint density at radius 3 is 2.53 bits per heavy atom. The molecule has 3 rings (SSSR count). The van der Waals surface area contributed by atoms with Crippen LogP contribution in [0.5, 0.6) is 5.75 Å². The van der Waals surface area contributed by atoms with Crippen molar-refractivity contribution in [3.8, 4) is 17.0 Å². The lowest BCUT2D eigenvalue weighted by atomic mass is 10.1. The van der Waals surface area contributed by atoms with Crippen molar-refractivity contribution in [3.63, 3.8) is 0 Å². The van der Waals surface area contributed by atoms with Gasteiger partial charge in [-0.3, -0.25) is 4.99 Å². The van der Waals surface area contributed by atoms with E-state index < -0.39 is 0 Å². The van der Waals surface area contributed by atoms with E-state index >= 15 is 0 Å². The zero-order chi connectivity index (χ0) is 20.5. The number of nitrogens with one attached hydrogen (secondary N) is 2. The van der Waals surface area contributed by atoms with E-state index in [1.54, 1.807) is 14.2 Å². The lowest BCUT2D eigenvalue weighted by Crippen LogP contribution is -2.39. The van der Waals surface area contributed by atoms with E-state index in [9.17, 15) is 0 Å². The van der Waals surface area contributed by atoms with Gasteiger partial charge in [-0.1, -0.05) is 42.5 Å². The number of aliphatic imine (C=N–C) groups is 1. The van der Waals surface area contributed by atoms with Crippen LogP contribution >= 0.6 is 24.0 Å². The predicted molar refractivity (Wildman–Crippen MR) is 134 cm³/mol. The van der Waals surface area contributed by atoms with Crippen LogP contribution in [-0.2, 0) is 13.0 Å². The number of guanidine groups is 1. The van der Waals surface area contributed by atoms with Gasteiger partial charge in [-0.2, -0.15) is 0 Å². The minimum absolute atomic E-state index is 0. The summed E-state index contributed by atoms with van der Waals surface area (Å²) < 4.78 is 5.20. The van der Waals surface area contributed by atoms with Crippen LogP contribution in [0.2, 0.25) is 0 Å². The summed E-state index contributed by atoms with van der Waals surface area (Å²) in [6.45, 7) is 1.52. The number of aryl methyl sites for hydroxylation is 1. The Kier molecular flexibility index (Phi) is 9.66. The summed E-state index contributed by atoms with van der Waals surface area (Å²) in [5.74, 6) is 2.66. The van der Waals surface area contributed by atoms with Crippen LogP contribution in [0.25, 0.3) is 11.3 Å². The van der Waals surface area contributed by atoms with Gasteiger partial charge in [0, 0.05) is 20.6 Å². The molecule has 2 N–H and O–H groups in total. The Morgan fingerprint density at radius 2 is 1.87 bits per heavy atom. The molecular formula is C23H30IN5O. The molecule has 0 aliphatic rings. The highest BCUT2D eigenvalue weighted by Gasteiger charge is 2.09. The SMILES string of the molecule is CN=C(NCCCc1ccc(OC)cc1)N(C)Cc1ncc(-c2ccccc2)[nH]1.I. The normalized spacial score (nSPS) is 11.0. The minimum atomic E-state index is 0. The van der Waals surface area contributed by atoms with E-state index in [1.807, 2.05) is 43.6 Å². The van der Waals surface area contributed by atoms with Crippen molar-refractivity contribution in [2.45, 2.75) is 19.4 Å². The average molecular weight is 519 g/mol. The fraction of sp³-hybridized carbons (Fsp3) is 0.304. The molecule has 30 heavy (non-hydrogen) atoms. The summed E-state index contributed by atoms with van der Waals surface area (Å²) in [6.07, 6.45) is 3.91. The molecule has 0 fully saturated rings. The van der Waals surface area contributed by atoms with Crippen LogP contribution in [-0.4, -0.2) is 48.6 Å². The lowest BCUT2D eigenvalue weighted by molar-refractivity contribution is 0.414. The van der Waals surface area contributed by atoms with Crippen LogP contribution in [0.3, 0.4) is 0 Å². The lowest BCUT2D eigenvalue weighted by Gasteiger charge is -2.21. The molecule has 0 bridgehead atoms. The summed E-state index contributed by atoms with van der Waals surface area (Å²) in [6, 6.07) is 18.4. The molecule has 7 heteroatoms. The largest absolute Gasteiger partial charge is 0.497 e. The van der Waals surface area contributed by atoms with E-state index in [4.69, 9.17) is 4.74 Å². The molecule has 160 valence electrons. The highest BCUT2D eigenvalue weighted by molar-refractivity contribution is 14.0. The van der Waals surface area contributed by atoms with Crippen LogP contribution in [0.4, 0.5) is 0 Å². The Bertz CT molecular complexity index is 909. The van der Waals surface area contributed by atoms with Gasteiger partial charge in [0.25, 0.3) is 0 Å². The number of ether oxygens (including phenoxy) is 1. The summed E-state index contributed by atoms with van der Waals surface area (Å²) >= 11 is 0. The average Bonchev–Trinajstić information content (AvgIpc) is 3.23. The molecule has 1 heterocycles. The van der Waals surface area contributed by atoms with E-state index in [0.29, 0.717) is 6.54 Å². The fourth-order valence-electron chi connectivity index (χ4n) is 3.18. The number of rotatable bonds is 8. The van der Waals surface area contributed by atoms with Crippen molar-refractivity contribution < 1.29 is 4.74 Å². The summed E-state index contributed by atoms with van der Waals surface area (Å²) in [5, 5.41) is 3.43. The van der Waals surface area contributed by atoms with Gasteiger partial charge in [0.15, 0.2) is 5.96 Å². The molecule has 0 unspecified atom stereocenters. The maximum absolute atomic E-state index is 5.20. The number of aromatic nitrogens is 2. The third kappa shape index (κ3) is 6.76. The summed E-state index contributed by atoms with van der Waals surface area (Å²) in [4.78, 5) is 14.4. The fourth-order valence-corrected chi connectivity index (χ4v) is 3.18. The van der Waals surface area contributed by atoms with Crippen molar-refractivity contribution in [1.82, 2.24) is 20.2 Å². The molecule has 0 aliphatic carbocycles. The second-order valence-electron chi connectivity index (χ2n) is 6.89. The predicted octanol–water partition coefficient (Wildman–Crippen LogP) is 4.34.